The molecule has 12 heteroatoms. The minimum atomic E-state index is -1.56. The number of esters is 2. The quantitative estimate of drug-likeness (QED) is 0.128. The summed E-state index contributed by atoms with van der Waals surface area (Å²) < 4.78 is 36.5. The number of carboxylic acids is 1. The van der Waals surface area contributed by atoms with Crippen LogP contribution < -0.4 is 0 Å². The lowest BCUT2D eigenvalue weighted by atomic mass is 10.2. The van der Waals surface area contributed by atoms with Crippen LogP contribution in [0.5, 0.6) is 0 Å². The van der Waals surface area contributed by atoms with Crippen LogP contribution in [0, 0.1) is 0 Å². The van der Waals surface area contributed by atoms with Crippen molar-refractivity contribution in [2.45, 2.75) is 45.6 Å². The van der Waals surface area contributed by atoms with Gasteiger partial charge in [0.25, 0.3) is 0 Å². The molecule has 0 heterocycles. The van der Waals surface area contributed by atoms with Gasteiger partial charge in [-0.2, -0.15) is 0 Å². The molecule has 0 saturated heterocycles. The van der Waals surface area contributed by atoms with E-state index < -0.39 is 23.3 Å². The first kappa shape index (κ1) is 31.9. The Kier molecular flexibility index (Phi) is 19.0. The molecule has 0 aromatic rings. The molecule has 12 nitrogen and oxygen atoms in total. The van der Waals surface area contributed by atoms with Crippen LogP contribution in [0.1, 0.15) is 40.0 Å². The highest BCUT2D eigenvalue weighted by Gasteiger charge is 2.16. The molecule has 1 N–H and O–H groups in total. The summed E-state index contributed by atoms with van der Waals surface area (Å²) in [6.45, 7) is 9.00. The minimum Gasteiger partial charge on any atom is -0.476 e. The molecule has 0 aliphatic rings. The molecule has 0 saturated carbocycles. The van der Waals surface area contributed by atoms with Gasteiger partial charge in [-0.15, -0.1) is 0 Å². The summed E-state index contributed by atoms with van der Waals surface area (Å²) in [6, 6.07) is 0. The SMILES string of the molecule is CC(C)(C)OC(=O)CCOCCOCCOCCOCCOCCOC(=O)CCC(=O)C(=O)O. The molecule has 0 bridgehead atoms. The molecular formula is C22H38O12. The zero-order valence-electron chi connectivity index (χ0n) is 20.3. The van der Waals surface area contributed by atoms with Gasteiger partial charge in [0.05, 0.1) is 78.9 Å². The molecule has 0 aromatic carbocycles. The monoisotopic (exact) mass is 494 g/mol. The van der Waals surface area contributed by atoms with E-state index in [4.69, 9.17) is 38.3 Å². The zero-order chi connectivity index (χ0) is 25.7. The van der Waals surface area contributed by atoms with Crippen LogP contribution in [0.4, 0.5) is 0 Å². The fraction of sp³-hybridized carbons (Fsp3) is 0.818. The standard InChI is InChI=1S/C22H38O12/c1-22(2,3)34-20(25)6-7-28-8-9-29-10-11-30-12-13-31-14-15-32-16-17-33-19(24)5-4-18(23)21(26)27/h4-17H2,1-3H3,(H,26,27). The Labute approximate surface area is 200 Å². The fourth-order valence-corrected chi connectivity index (χ4v) is 2.14. The zero-order valence-corrected chi connectivity index (χ0v) is 20.3. The Morgan fingerprint density at radius 3 is 1.38 bits per heavy atom. The van der Waals surface area contributed by atoms with Crippen molar-refractivity contribution in [3.8, 4) is 0 Å². The van der Waals surface area contributed by atoms with Gasteiger partial charge in [-0.3, -0.25) is 14.4 Å². The molecule has 0 amide bonds. The van der Waals surface area contributed by atoms with E-state index in [0.29, 0.717) is 52.9 Å². The fourth-order valence-electron chi connectivity index (χ4n) is 2.14. The predicted molar refractivity (Wildman–Crippen MR) is 117 cm³/mol. The van der Waals surface area contributed by atoms with Gasteiger partial charge in [0.2, 0.25) is 5.78 Å². The van der Waals surface area contributed by atoms with Crippen molar-refractivity contribution < 1.29 is 57.4 Å². The maximum absolute atomic E-state index is 11.5. The Morgan fingerprint density at radius 2 is 0.971 bits per heavy atom. The van der Waals surface area contributed by atoms with Crippen molar-refractivity contribution in [2.75, 3.05) is 72.7 Å². The molecule has 0 unspecified atom stereocenters. The van der Waals surface area contributed by atoms with E-state index in [-0.39, 0.29) is 45.1 Å². The highest BCUT2D eigenvalue weighted by atomic mass is 16.6. The van der Waals surface area contributed by atoms with Gasteiger partial charge in [0.1, 0.15) is 12.2 Å². The smallest absolute Gasteiger partial charge is 0.372 e. The molecule has 0 rings (SSSR count). The Balaban J connectivity index is 3.26. The number of ketones is 1. The number of Topliss-reactive ketones (excluding diaryl/α,β-unsaturated/α-hetero) is 1. The summed E-state index contributed by atoms with van der Waals surface area (Å²) in [7, 11) is 0. The van der Waals surface area contributed by atoms with Gasteiger partial charge in [-0.05, 0) is 20.8 Å². The van der Waals surface area contributed by atoms with Crippen molar-refractivity contribution in [1.82, 2.24) is 0 Å². The Morgan fingerprint density at radius 1 is 0.559 bits per heavy atom. The first-order valence-corrected chi connectivity index (χ1v) is 11.1. The number of ether oxygens (including phenoxy) is 7. The average molecular weight is 495 g/mol. The normalized spacial score (nSPS) is 11.3. The molecule has 0 aromatic heterocycles. The van der Waals surface area contributed by atoms with Crippen molar-refractivity contribution in [1.29, 1.82) is 0 Å². The largest absolute Gasteiger partial charge is 0.476 e. The third-order valence-electron chi connectivity index (χ3n) is 3.64. The first-order chi connectivity index (χ1) is 16.1. The van der Waals surface area contributed by atoms with Crippen LogP contribution in [-0.2, 0) is 52.3 Å². The summed E-state index contributed by atoms with van der Waals surface area (Å²) in [6.07, 6.45) is -0.454. The van der Waals surface area contributed by atoms with E-state index >= 15 is 0 Å². The van der Waals surface area contributed by atoms with Crippen LogP contribution in [0.2, 0.25) is 0 Å². The second kappa shape index (κ2) is 20.3. The van der Waals surface area contributed by atoms with Crippen LogP contribution in [0.15, 0.2) is 0 Å². The van der Waals surface area contributed by atoms with E-state index in [1.165, 1.54) is 0 Å². The maximum Gasteiger partial charge on any atom is 0.372 e. The van der Waals surface area contributed by atoms with Gasteiger partial charge in [-0.1, -0.05) is 0 Å². The molecule has 34 heavy (non-hydrogen) atoms. The molecular weight excluding hydrogens is 456 g/mol. The van der Waals surface area contributed by atoms with Crippen molar-refractivity contribution >= 4 is 23.7 Å². The minimum absolute atomic E-state index is 0.0119. The molecule has 0 aliphatic carbocycles. The van der Waals surface area contributed by atoms with Gasteiger partial charge >= 0.3 is 17.9 Å². The van der Waals surface area contributed by atoms with Crippen molar-refractivity contribution in [3.63, 3.8) is 0 Å². The van der Waals surface area contributed by atoms with Crippen LogP contribution in [0.25, 0.3) is 0 Å². The number of carbonyl (C=O) groups excluding carboxylic acids is 3. The van der Waals surface area contributed by atoms with Crippen LogP contribution in [0.3, 0.4) is 0 Å². The predicted octanol–water partition coefficient (Wildman–Crippen LogP) is 0.778. The van der Waals surface area contributed by atoms with E-state index in [1.807, 2.05) is 20.8 Å². The topological polar surface area (TPSA) is 153 Å². The Hall–Kier alpha value is -2.12. The van der Waals surface area contributed by atoms with E-state index in [0.717, 1.165) is 0 Å². The molecule has 0 aliphatic heterocycles. The molecule has 198 valence electrons. The van der Waals surface area contributed by atoms with E-state index in [9.17, 15) is 19.2 Å². The summed E-state index contributed by atoms with van der Waals surface area (Å²) in [5.74, 6) is -3.53. The average Bonchev–Trinajstić information content (AvgIpc) is 2.75. The number of aliphatic carboxylic acids is 1. The number of carboxylic acid groups (broad SMARTS) is 1. The van der Waals surface area contributed by atoms with Gasteiger partial charge in [-0.25, -0.2) is 4.79 Å². The first-order valence-electron chi connectivity index (χ1n) is 11.1. The summed E-state index contributed by atoms with van der Waals surface area (Å²) in [4.78, 5) is 44.0. The summed E-state index contributed by atoms with van der Waals surface area (Å²) in [5.41, 5.74) is -0.491. The highest BCUT2D eigenvalue weighted by Crippen LogP contribution is 2.08. The van der Waals surface area contributed by atoms with Crippen molar-refractivity contribution in [2.24, 2.45) is 0 Å². The molecule has 0 spiro atoms. The van der Waals surface area contributed by atoms with Gasteiger partial charge in [0, 0.05) is 6.42 Å². The third kappa shape index (κ3) is 23.1. The lowest BCUT2D eigenvalue weighted by molar-refractivity contribution is -0.156. The molecule has 0 fully saturated rings. The number of carbonyl (C=O) groups is 4. The second-order valence-electron chi connectivity index (χ2n) is 7.85. The molecule has 0 atom stereocenters. The van der Waals surface area contributed by atoms with E-state index in [2.05, 4.69) is 0 Å². The lowest BCUT2D eigenvalue weighted by Crippen LogP contribution is -2.24. The maximum atomic E-state index is 11.5. The van der Waals surface area contributed by atoms with Crippen LogP contribution >= 0.6 is 0 Å². The Bertz CT molecular complexity index is 585. The number of rotatable bonds is 22. The van der Waals surface area contributed by atoms with Gasteiger partial charge in [0.15, 0.2) is 0 Å². The van der Waals surface area contributed by atoms with E-state index in [1.54, 1.807) is 0 Å². The number of hydrogen-bond acceptors (Lipinski definition) is 11. The second-order valence-corrected chi connectivity index (χ2v) is 7.85. The summed E-state index contributed by atoms with van der Waals surface area (Å²) in [5, 5.41) is 8.40. The highest BCUT2D eigenvalue weighted by molar-refractivity contribution is 6.32. The van der Waals surface area contributed by atoms with Crippen LogP contribution in [-0.4, -0.2) is 107 Å². The molecule has 0 radical (unpaired) electrons. The van der Waals surface area contributed by atoms with Gasteiger partial charge < -0.3 is 38.3 Å². The van der Waals surface area contributed by atoms with Crippen molar-refractivity contribution in [3.05, 3.63) is 0 Å². The third-order valence-corrected chi connectivity index (χ3v) is 3.64. The summed E-state index contributed by atoms with van der Waals surface area (Å²) >= 11 is 0. The number of hydrogen-bond donors (Lipinski definition) is 1. The lowest BCUT2D eigenvalue weighted by Gasteiger charge is -2.19.